The fraction of sp³-hybridized carbons (Fsp3) is 0.200. The lowest BCUT2D eigenvalue weighted by Crippen LogP contribution is -2.00. The molecule has 0 saturated carbocycles. The summed E-state index contributed by atoms with van der Waals surface area (Å²) in [7, 11) is 4.58. The van der Waals surface area contributed by atoms with Crippen LogP contribution in [0.2, 0.25) is 0 Å². The highest BCUT2D eigenvalue weighted by molar-refractivity contribution is 6.22. The van der Waals surface area contributed by atoms with Gasteiger partial charge in [0.2, 0.25) is 5.75 Å². The number of hydrogen-bond acceptors (Lipinski definition) is 5. The first-order chi connectivity index (χ1) is 9.72. The molecule has 0 unspecified atom stereocenters. The van der Waals surface area contributed by atoms with Gasteiger partial charge in [0.1, 0.15) is 0 Å². The van der Waals surface area contributed by atoms with Gasteiger partial charge >= 0.3 is 0 Å². The van der Waals surface area contributed by atoms with Crippen LogP contribution in [0.1, 0.15) is 15.9 Å². The van der Waals surface area contributed by atoms with Crippen molar-refractivity contribution in [2.24, 2.45) is 0 Å². The second-order valence-corrected chi connectivity index (χ2v) is 4.30. The van der Waals surface area contributed by atoms with Crippen LogP contribution in [-0.2, 0) is 0 Å². The third-order valence-corrected chi connectivity index (χ3v) is 3.36. The van der Waals surface area contributed by atoms with E-state index in [1.54, 1.807) is 24.4 Å². The van der Waals surface area contributed by atoms with E-state index >= 15 is 0 Å². The Morgan fingerprint density at radius 2 is 1.75 bits per heavy atom. The normalized spacial score (nSPS) is 11.8. The molecule has 0 aliphatic heterocycles. The number of aromatic nitrogens is 1. The summed E-state index contributed by atoms with van der Waals surface area (Å²) in [5.74, 6) is 1.30. The fourth-order valence-electron chi connectivity index (χ4n) is 2.50. The molecule has 0 fully saturated rings. The molecule has 0 amide bonds. The number of rotatable bonds is 3. The van der Waals surface area contributed by atoms with Gasteiger partial charge in [0, 0.05) is 17.3 Å². The Morgan fingerprint density at radius 1 is 1.00 bits per heavy atom. The Labute approximate surface area is 116 Å². The van der Waals surface area contributed by atoms with Crippen molar-refractivity contribution >= 4 is 5.78 Å². The lowest BCUT2D eigenvalue weighted by atomic mass is 10.1. The zero-order valence-corrected chi connectivity index (χ0v) is 11.4. The monoisotopic (exact) mass is 271 g/mol. The molecule has 1 heterocycles. The molecule has 102 valence electrons. The first kappa shape index (κ1) is 12.5. The molecule has 0 bridgehead atoms. The molecule has 0 N–H and O–H groups in total. The summed E-state index contributed by atoms with van der Waals surface area (Å²) < 4.78 is 16.0. The van der Waals surface area contributed by atoms with Gasteiger partial charge in [-0.15, -0.1) is 0 Å². The van der Waals surface area contributed by atoms with E-state index in [1.807, 2.05) is 0 Å². The van der Waals surface area contributed by atoms with Crippen LogP contribution >= 0.6 is 0 Å². The minimum absolute atomic E-state index is 0.0812. The van der Waals surface area contributed by atoms with Crippen molar-refractivity contribution in [2.45, 2.75) is 0 Å². The van der Waals surface area contributed by atoms with Gasteiger partial charge in [0.25, 0.3) is 0 Å². The van der Waals surface area contributed by atoms with Crippen LogP contribution in [0.4, 0.5) is 0 Å². The van der Waals surface area contributed by atoms with E-state index < -0.39 is 0 Å². The number of ketones is 1. The summed E-state index contributed by atoms with van der Waals surface area (Å²) >= 11 is 0. The lowest BCUT2D eigenvalue weighted by molar-refractivity contribution is 0.104. The first-order valence-corrected chi connectivity index (χ1v) is 6.06. The largest absolute Gasteiger partial charge is 0.493 e. The smallest absolute Gasteiger partial charge is 0.204 e. The van der Waals surface area contributed by atoms with Gasteiger partial charge < -0.3 is 14.2 Å². The van der Waals surface area contributed by atoms with E-state index in [0.717, 1.165) is 0 Å². The highest BCUT2D eigenvalue weighted by Gasteiger charge is 2.34. The number of ether oxygens (including phenoxy) is 3. The third kappa shape index (κ3) is 1.49. The maximum Gasteiger partial charge on any atom is 0.204 e. The van der Waals surface area contributed by atoms with Crippen molar-refractivity contribution in [3.05, 3.63) is 35.5 Å². The van der Waals surface area contributed by atoms with Crippen LogP contribution in [0, 0.1) is 0 Å². The van der Waals surface area contributed by atoms with E-state index in [4.69, 9.17) is 14.2 Å². The second kappa shape index (κ2) is 4.52. The van der Waals surface area contributed by atoms with Gasteiger partial charge in [0.15, 0.2) is 17.3 Å². The number of methoxy groups -OCH3 is 3. The van der Waals surface area contributed by atoms with Gasteiger partial charge in [-0.25, -0.2) is 0 Å². The number of carbonyl (C=O) groups is 1. The minimum Gasteiger partial charge on any atom is -0.493 e. The topological polar surface area (TPSA) is 57.6 Å². The molecule has 20 heavy (non-hydrogen) atoms. The quantitative estimate of drug-likeness (QED) is 0.731. The molecule has 5 nitrogen and oxygen atoms in total. The van der Waals surface area contributed by atoms with Crippen LogP contribution in [0.3, 0.4) is 0 Å². The summed E-state index contributed by atoms with van der Waals surface area (Å²) in [6.07, 6.45) is 1.65. The van der Waals surface area contributed by atoms with Crippen molar-refractivity contribution < 1.29 is 19.0 Å². The molecule has 1 aliphatic rings. The number of fused-ring (bicyclic) bond motifs is 3. The summed E-state index contributed by atoms with van der Waals surface area (Å²) in [6, 6.07) is 5.16. The van der Waals surface area contributed by atoms with Gasteiger partial charge in [-0.3, -0.25) is 9.78 Å². The maximum atomic E-state index is 12.4. The average molecular weight is 271 g/mol. The Morgan fingerprint density at radius 3 is 2.40 bits per heavy atom. The molecule has 1 aromatic heterocycles. The molecule has 1 aromatic carbocycles. The highest BCUT2D eigenvalue weighted by atomic mass is 16.5. The molecule has 0 spiro atoms. The first-order valence-electron chi connectivity index (χ1n) is 6.06. The SMILES string of the molecule is COc1cc2c(c(OC)c1OC)-c1ncccc1C2=O. The Hall–Kier alpha value is -2.56. The predicted octanol–water partition coefficient (Wildman–Crippen LogP) is 2.32. The van der Waals surface area contributed by atoms with E-state index in [9.17, 15) is 4.79 Å². The summed E-state index contributed by atoms with van der Waals surface area (Å²) in [6.45, 7) is 0. The summed E-state index contributed by atoms with van der Waals surface area (Å²) in [5.41, 5.74) is 2.36. The molecular formula is C15H13NO4. The Balaban J connectivity index is 2.40. The van der Waals surface area contributed by atoms with Crippen LogP contribution in [0.5, 0.6) is 17.2 Å². The van der Waals surface area contributed by atoms with Crippen molar-refractivity contribution in [1.29, 1.82) is 0 Å². The van der Waals surface area contributed by atoms with Crippen LogP contribution < -0.4 is 14.2 Å². The number of carbonyl (C=O) groups excluding carboxylic acids is 1. The predicted molar refractivity (Wildman–Crippen MR) is 72.8 cm³/mol. The molecule has 0 atom stereocenters. The van der Waals surface area contributed by atoms with Crippen molar-refractivity contribution in [3.63, 3.8) is 0 Å². The van der Waals surface area contributed by atoms with Crippen molar-refractivity contribution in [3.8, 4) is 28.5 Å². The molecule has 3 rings (SSSR count). The zero-order chi connectivity index (χ0) is 14.3. The highest BCUT2D eigenvalue weighted by Crippen LogP contribution is 2.50. The molecule has 2 aromatic rings. The molecule has 0 saturated heterocycles. The summed E-state index contributed by atoms with van der Waals surface area (Å²) in [4.78, 5) is 16.7. The van der Waals surface area contributed by atoms with Crippen molar-refractivity contribution in [2.75, 3.05) is 21.3 Å². The standard InChI is InChI=1S/C15H13NO4/c1-18-10-7-9-11(15(20-3)14(10)19-2)12-8(13(9)17)5-4-6-16-12/h4-7H,1-3H3. The Bertz CT molecular complexity index is 709. The summed E-state index contributed by atoms with van der Waals surface area (Å²) in [5, 5.41) is 0. The van der Waals surface area contributed by atoms with Crippen LogP contribution in [0.15, 0.2) is 24.4 Å². The lowest BCUT2D eigenvalue weighted by Gasteiger charge is -2.15. The molecule has 1 aliphatic carbocycles. The van der Waals surface area contributed by atoms with E-state index in [0.29, 0.717) is 39.6 Å². The third-order valence-electron chi connectivity index (χ3n) is 3.36. The molecule has 0 radical (unpaired) electrons. The maximum absolute atomic E-state index is 12.4. The Kier molecular flexibility index (Phi) is 2.82. The van der Waals surface area contributed by atoms with Crippen LogP contribution in [-0.4, -0.2) is 32.1 Å². The van der Waals surface area contributed by atoms with Crippen molar-refractivity contribution in [1.82, 2.24) is 4.98 Å². The molecular weight excluding hydrogens is 258 g/mol. The van der Waals surface area contributed by atoms with E-state index in [1.165, 1.54) is 21.3 Å². The van der Waals surface area contributed by atoms with E-state index in [2.05, 4.69) is 4.98 Å². The minimum atomic E-state index is -0.0812. The second-order valence-electron chi connectivity index (χ2n) is 4.30. The van der Waals surface area contributed by atoms with Crippen LogP contribution in [0.25, 0.3) is 11.3 Å². The van der Waals surface area contributed by atoms with Gasteiger partial charge in [-0.05, 0) is 18.2 Å². The zero-order valence-electron chi connectivity index (χ0n) is 11.4. The number of benzene rings is 1. The van der Waals surface area contributed by atoms with E-state index in [-0.39, 0.29) is 5.78 Å². The molecule has 5 heteroatoms. The number of hydrogen-bond donors (Lipinski definition) is 0. The van der Waals surface area contributed by atoms with Gasteiger partial charge in [0.05, 0.1) is 32.6 Å². The average Bonchev–Trinajstić information content (AvgIpc) is 2.78. The number of pyridine rings is 1. The van der Waals surface area contributed by atoms with Gasteiger partial charge in [-0.1, -0.05) is 0 Å². The van der Waals surface area contributed by atoms with Gasteiger partial charge in [-0.2, -0.15) is 0 Å². The number of nitrogens with zero attached hydrogens (tertiary/aromatic N) is 1. The fourth-order valence-corrected chi connectivity index (χ4v) is 2.50.